The Morgan fingerprint density at radius 2 is 1.91 bits per heavy atom. The van der Waals surface area contributed by atoms with E-state index in [0.717, 1.165) is 36.5 Å². The van der Waals surface area contributed by atoms with Crippen LogP contribution in [0.5, 0.6) is 0 Å². The van der Waals surface area contributed by atoms with Gasteiger partial charge in [0.05, 0.1) is 6.10 Å². The van der Waals surface area contributed by atoms with Crippen LogP contribution >= 0.6 is 0 Å². The number of allylic oxidation sites excluding steroid dienone is 1. The smallest absolute Gasteiger partial charge is 0.0577 e. The number of aliphatic hydroxyl groups is 1. The molecule has 0 spiro atoms. The zero-order valence-corrected chi connectivity index (χ0v) is 14.6. The quantitative estimate of drug-likeness (QED) is 0.664. The topological polar surface area (TPSA) is 20.2 Å². The van der Waals surface area contributed by atoms with E-state index in [-0.39, 0.29) is 6.10 Å². The van der Waals surface area contributed by atoms with E-state index in [1.54, 1.807) is 5.57 Å². The Hall–Kier alpha value is -0.300. The van der Waals surface area contributed by atoms with Crippen LogP contribution in [0.15, 0.2) is 11.6 Å². The lowest BCUT2D eigenvalue weighted by molar-refractivity contribution is -0.0458. The van der Waals surface area contributed by atoms with Crippen LogP contribution in [0.2, 0.25) is 0 Å². The van der Waals surface area contributed by atoms with Crippen molar-refractivity contribution in [1.29, 1.82) is 0 Å². The van der Waals surface area contributed by atoms with Crippen molar-refractivity contribution in [3.63, 3.8) is 0 Å². The zero-order valence-electron chi connectivity index (χ0n) is 14.6. The highest BCUT2D eigenvalue weighted by Crippen LogP contribution is 2.66. The SMILES string of the molecule is C[CH][C@H]1CC[C@H]2[C@@H]3CC=C4C[C@@H](O)CC[C@]4(C)[C@H]3CC[C@@]12C. The molecular weight excluding hydrogens is 268 g/mol. The van der Waals surface area contributed by atoms with Crippen LogP contribution in [0.1, 0.15) is 72.1 Å². The molecule has 4 rings (SSSR count). The third-order valence-corrected chi connectivity index (χ3v) is 8.55. The molecule has 1 heteroatoms. The second kappa shape index (κ2) is 5.10. The first-order valence-corrected chi connectivity index (χ1v) is 9.66. The van der Waals surface area contributed by atoms with E-state index < -0.39 is 0 Å². The summed E-state index contributed by atoms with van der Waals surface area (Å²) in [7, 11) is 0. The number of fused-ring (bicyclic) bond motifs is 5. The lowest BCUT2D eigenvalue weighted by Gasteiger charge is -2.58. The lowest BCUT2D eigenvalue weighted by Crippen LogP contribution is -2.50. The minimum absolute atomic E-state index is 0.0738. The molecule has 0 unspecified atom stereocenters. The Labute approximate surface area is 136 Å². The maximum atomic E-state index is 10.1. The standard InChI is InChI=1S/C21H33O/c1-4-14-6-8-18-17-7-5-15-13-16(22)9-11-21(15,3)19(17)10-12-20(14,18)2/h4-5,14,16-19,22H,6-13H2,1-3H3/t14-,16-,17-,18-,19-,20-,21-/m0/s1. The first-order chi connectivity index (χ1) is 10.5. The van der Waals surface area contributed by atoms with Crippen LogP contribution in [-0.4, -0.2) is 11.2 Å². The fraction of sp³-hybridized carbons (Fsp3) is 0.857. The minimum Gasteiger partial charge on any atom is -0.393 e. The van der Waals surface area contributed by atoms with Gasteiger partial charge >= 0.3 is 0 Å². The minimum atomic E-state index is -0.0738. The molecule has 0 aliphatic heterocycles. The van der Waals surface area contributed by atoms with Crippen molar-refractivity contribution >= 4 is 0 Å². The second-order valence-electron chi connectivity index (χ2n) is 9.22. The molecule has 0 aromatic heterocycles. The second-order valence-corrected chi connectivity index (χ2v) is 9.22. The molecule has 0 amide bonds. The maximum Gasteiger partial charge on any atom is 0.0577 e. The molecule has 0 saturated heterocycles. The molecule has 3 fully saturated rings. The van der Waals surface area contributed by atoms with Crippen molar-refractivity contribution in [2.24, 2.45) is 34.5 Å². The summed E-state index contributed by atoms with van der Waals surface area (Å²) in [5.41, 5.74) is 2.58. The molecule has 4 aliphatic carbocycles. The van der Waals surface area contributed by atoms with E-state index in [1.165, 1.54) is 38.5 Å². The van der Waals surface area contributed by atoms with Gasteiger partial charge < -0.3 is 5.11 Å². The van der Waals surface area contributed by atoms with E-state index >= 15 is 0 Å². The molecule has 1 N–H and O–H groups in total. The van der Waals surface area contributed by atoms with Crippen LogP contribution in [0.3, 0.4) is 0 Å². The third kappa shape index (κ3) is 1.93. The first kappa shape index (κ1) is 15.2. The maximum absolute atomic E-state index is 10.1. The van der Waals surface area contributed by atoms with Gasteiger partial charge in [-0.2, -0.15) is 0 Å². The molecule has 7 atom stereocenters. The fourth-order valence-corrected chi connectivity index (χ4v) is 7.23. The van der Waals surface area contributed by atoms with Gasteiger partial charge in [0, 0.05) is 0 Å². The summed E-state index contributed by atoms with van der Waals surface area (Å²) in [5, 5.41) is 10.1. The van der Waals surface area contributed by atoms with Crippen molar-refractivity contribution in [1.82, 2.24) is 0 Å². The van der Waals surface area contributed by atoms with Crippen LogP contribution in [0, 0.1) is 40.9 Å². The molecule has 0 aromatic carbocycles. The van der Waals surface area contributed by atoms with Gasteiger partial charge in [0.25, 0.3) is 0 Å². The van der Waals surface area contributed by atoms with Crippen molar-refractivity contribution < 1.29 is 5.11 Å². The van der Waals surface area contributed by atoms with Crippen molar-refractivity contribution in [2.45, 2.75) is 78.2 Å². The van der Waals surface area contributed by atoms with Gasteiger partial charge in [0.1, 0.15) is 0 Å². The summed E-state index contributed by atoms with van der Waals surface area (Å²) in [5.74, 6) is 3.58. The van der Waals surface area contributed by atoms with Gasteiger partial charge in [0.15, 0.2) is 0 Å². The molecule has 4 aliphatic rings. The Kier molecular flexibility index (Phi) is 3.53. The molecule has 123 valence electrons. The van der Waals surface area contributed by atoms with Gasteiger partial charge in [-0.1, -0.05) is 32.4 Å². The van der Waals surface area contributed by atoms with E-state index in [0.29, 0.717) is 10.8 Å². The summed E-state index contributed by atoms with van der Waals surface area (Å²) in [6.45, 7) is 7.41. The lowest BCUT2D eigenvalue weighted by atomic mass is 9.47. The van der Waals surface area contributed by atoms with Gasteiger partial charge in [-0.25, -0.2) is 0 Å². The summed E-state index contributed by atoms with van der Waals surface area (Å²) < 4.78 is 0. The summed E-state index contributed by atoms with van der Waals surface area (Å²) in [6.07, 6.45) is 15.2. The number of hydrogen-bond donors (Lipinski definition) is 1. The highest BCUT2D eigenvalue weighted by atomic mass is 16.3. The van der Waals surface area contributed by atoms with Crippen LogP contribution < -0.4 is 0 Å². The normalized spacial score (nSPS) is 54.2. The van der Waals surface area contributed by atoms with Crippen LogP contribution in [0.4, 0.5) is 0 Å². The van der Waals surface area contributed by atoms with E-state index in [9.17, 15) is 5.11 Å². The molecular formula is C21H33O. The van der Waals surface area contributed by atoms with Gasteiger partial charge in [0.2, 0.25) is 0 Å². The van der Waals surface area contributed by atoms with Crippen molar-refractivity contribution in [3.8, 4) is 0 Å². The fourth-order valence-electron chi connectivity index (χ4n) is 7.23. The van der Waals surface area contributed by atoms with E-state index in [2.05, 4.69) is 33.3 Å². The van der Waals surface area contributed by atoms with Crippen molar-refractivity contribution in [2.75, 3.05) is 0 Å². The largest absolute Gasteiger partial charge is 0.393 e. The first-order valence-electron chi connectivity index (χ1n) is 9.66. The zero-order chi connectivity index (χ0) is 15.5. The molecule has 3 saturated carbocycles. The summed E-state index contributed by atoms with van der Waals surface area (Å²) >= 11 is 0. The molecule has 1 nitrogen and oxygen atoms in total. The van der Waals surface area contributed by atoms with Gasteiger partial charge in [-0.15, -0.1) is 0 Å². The van der Waals surface area contributed by atoms with Crippen LogP contribution in [-0.2, 0) is 0 Å². The highest BCUT2D eigenvalue weighted by molar-refractivity contribution is 5.25. The molecule has 1 radical (unpaired) electrons. The Morgan fingerprint density at radius 1 is 1.09 bits per heavy atom. The van der Waals surface area contributed by atoms with Crippen molar-refractivity contribution in [3.05, 3.63) is 18.1 Å². The Morgan fingerprint density at radius 3 is 2.68 bits per heavy atom. The average molecular weight is 301 g/mol. The third-order valence-electron chi connectivity index (χ3n) is 8.55. The highest BCUT2D eigenvalue weighted by Gasteiger charge is 2.58. The molecule has 0 bridgehead atoms. The Bertz CT molecular complexity index is 480. The Balaban J connectivity index is 1.66. The molecule has 22 heavy (non-hydrogen) atoms. The van der Waals surface area contributed by atoms with E-state index in [4.69, 9.17) is 0 Å². The van der Waals surface area contributed by atoms with Gasteiger partial charge in [-0.05, 0) is 92.3 Å². The number of rotatable bonds is 1. The van der Waals surface area contributed by atoms with E-state index in [1.807, 2.05) is 0 Å². The van der Waals surface area contributed by atoms with Gasteiger partial charge in [-0.3, -0.25) is 0 Å². The average Bonchev–Trinajstić information content (AvgIpc) is 2.84. The summed E-state index contributed by atoms with van der Waals surface area (Å²) in [4.78, 5) is 0. The predicted molar refractivity (Wildman–Crippen MR) is 91.2 cm³/mol. The number of hydrogen-bond acceptors (Lipinski definition) is 1. The molecule has 0 heterocycles. The van der Waals surface area contributed by atoms with Crippen LogP contribution in [0.25, 0.3) is 0 Å². The number of aliphatic hydroxyl groups excluding tert-OH is 1. The summed E-state index contributed by atoms with van der Waals surface area (Å²) in [6, 6.07) is 0. The monoisotopic (exact) mass is 301 g/mol. The molecule has 0 aromatic rings. The predicted octanol–water partition coefficient (Wildman–Crippen LogP) is 5.15.